The number of fused-ring (bicyclic) bond motifs is 1. The number of para-hydroxylation sites is 1. The van der Waals surface area contributed by atoms with Gasteiger partial charge in [0.25, 0.3) is 0 Å². The molecule has 0 saturated carbocycles. The molecule has 4 heterocycles. The standard InChI is InChI=1S/C22H29N5O3/c1-25-19-16(26-11-7-22(8-12-26)5-9-23-10-6-22)3-2-4-17(19)27(21(25)30)18-13-15(28)14-24-20(18)29/h2-4,18,23H,5-14H2,1H3,(H,24,29). The summed E-state index contributed by atoms with van der Waals surface area (Å²) >= 11 is 0. The maximum atomic E-state index is 13.1. The molecule has 1 spiro atoms. The number of nitrogens with one attached hydrogen (secondary N) is 2. The number of Topliss-reactive ketones (excluding diaryl/α,β-unsaturated/α-hetero) is 1. The smallest absolute Gasteiger partial charge is 0.329 e. The average Bonchev–Trinajstić information content (AvgIpc) is 3.01. The van der Waals surface area contributed by atoms with Crippen LogP contribution in [0.1, 0.15) is 38.1 Å². The lowest BCUT2D eigenvalue weighted by Gasteiger charge is -2.45. The van der Waals surface area contributed by atoms with Crippen molar-refractivity contribution in [1.82, 2.24) is 19.8 Å². The number of piperidine rings is 3. The number of carbonyl (C=O) groups is 2. The van der Waals surface area contributed by atoms with Crippen molar-refractivity contribution in [1.29, 1.82) is 0 Å². The highest BCUT2D eigenvalue weighted by molar-refractivity contribution is 5.97. The Morgan fingerprint density at radius 2 is 1.77 bits per heavy atom. The topological polar surface area (TPSA) is 88.4 Å². The van der Waals surface area contributed by atoms with Crippen molar-refractivity contribution >= 4 is 28.4 Å². The van der Waals surface area contributed by atoms with E-state index in [1.807, 2.05) is 12.1 Å². The van der Waals surface area contributed by atoms with Gasteiger partial charge in [-0.25, -0.2) is 4.79 Å². The van der Waals surface area contributed by atoms with Gasteiger partial charge in [-0.1, -0.05) is 6.07 Å². The van der Waals surface area contributed by atoms with E-state index < -0.39 is 6.04 Å². The number of aryl methyl sites for hydroxylation is 1. The summed E-state index contributed by atoms with van der Waals surface area (Å²) in [4.78, 5) is 39.9. The minimum atomic E-state index is -0.780. The molecule has 1 amide bonds. The largest absolute Gasteiger partial charge is 0.370 e. The number of hydrogen-bond donors (Lipinski definition) is 2. The third-order valence-electron chi connectivity index (χ3n) is 7.41. The Hall–Kier alpha value is -2.61. The Bertz CT molecular complexity index is 1050. The Morgan fingerprint density at radius 1 is 1.03 bits per heavy atom. The molecular weight excluding hydrogens is 382 g/mol. The molecular formula is C22H29N5O3. The van der Waals surface area contributed by atoms with Gasteiger partial charge in [0.05, 0.1) is 23.3 Å². The van der Waals surface area contributed by atoms with E-state index in [-0.39, 0.29) is 30.3 Å². The van der Waals surface area contributed by atoms with Gasteiger partial charge in [0, 0.05) is 26.6 Å². The van der Waals surface area contributed by atoms with E-state index in [0.29, 0.717) is 5.41 Å². The molecule has 3 aliphatic rings. The summed E-state index contributed by atoms with van der Waals surface area (Å²) in [6.07, 6.45) is 4.88. The van der Waals surface area contributed by atoms with Crippen LogP contribution in [0.3, 0.4) is 0 Å². The predicted molar refractivity (Wildman–Crippen MR) is 115 cm³/mol. The molecule has 1 aromatic carbocycles. The highest BCUT2D eigenvalue weighted by Crippen LogP contribution is 2.41. The second kappa shape index (κ2) is 7.27. The minimum Gasteiger partial charge on any atom is -0.370 e. The van der Waals surface area contributed by atoms with Crippen molar-refractivity contribution in [3.05, 3.63) is 28.7 Å². The number of carbonyl (C=O) groups excluding carboxylic acids is 2. The normalized spacial score (nSPS) is 24.4. The van der Waals surface area contributed by atoms with Gasteiger partial charge in [-0.3, -0.25) is 18.7 Å². The van der Waals surface area contributed by atoms with Crippen molar-refractivity contribution in [2.24, 2.45) is 12.5 Å². The van der Waals surface area contributed by atoms with Gasteiger partial charge in [0.1, 0.15) is 6.04 Å². The molecule has 160 valence electrons. The molecule has 8 heteroatoms. The maximum Gasteiger partial charge on any atom is 0.329 e. The Kier molecular flexibility index (Phi) is 4.69. The Balaban J connectivity index is 1.51. The molecule has 1 unspecified atom stereocenters. The molecule has 5 rings (SSSR count). The lowest BCUT2D eigenvalue weighted by Crippen LogP contribution is -2.45. The van der Waals surface area contributed by atoms with Gasteiger partial charge < -0.3 is 15.5 Å². The summed E-state index contributed by atoms with van der Waals surface area (Å²) in [7, 11) is 1.76. The van der Waals surface area contributed by atoms with Crippen molar-refractivity contribution in [2.75, 3.05) is 37.6 Å². The van der Waals surface area contributed by atoms with Gasteiger partial charge >= 0.3 is 5.69 Å². The van der Waals surface area contributed by atoms with Crippen LogP contribution in [0.4, 0.5) is 5.69 Å². The first-order chi connectivity index (χ1) is 14.5. The van der Waals surface area contributed by atoms with Crippen LogP contribution in [0.2, 0.25) is 0 Å². The van der Waals surface area contributed by atoms with E-state index in [1.54, 1.807) is 11.6 Å². The molecule has 3 aliphatic heterocycles. The van der Waals surface area contributed by atoms with Gasteiger partial charge in [-0.15, -0.1) is 0 Å². The molecule has 2 aromatic rings. The monoisotopic (exact) mass is 411 g/mol. The van der Waals surface area contributed by atoms with E-state index >= 15 is 0 Å². The third kappa shape index (κ3) is 3.05. The fourth-order valence-electron chi connectivity index (χ4n) is 5.55. The first kappa shape index (κ1) is 19.4. The van der Waals surface area contributed by atoms with Crippen molar-refractivity contribution in [3.63, 3.8) is 0 Å². The molecule has 1 aromatic heterocycles. The molecule has 0 bridgehead atoms. The molecule has 8 nitrogen and oxygen atoms in total. The van der Waals surface area contributed by atoms with E-state index in [4.69, 9.17) is 0 Å². The van der Waals surface area contributed by atoms with Crippen LogP contribution in [0.25, 0.3) is 11.0 Å². The fraction of sp³-hybridized carbons (Fsp3) is 0.591. The van der Waals surface area contributed by atoms with Gasteiger partial charge in [0.2, 0.25) is 5.91 Å². The Labute approximate surface area is 175 Å². The average molecular weight is 412 g/mol. The number of amides is 1. The number of aromatic nitrogens is 2. The quantitative estimate of drug-likeness (QED) is 0.768. The molecule has 1 atom stereocenters. The summed E-state index contributed by atoms with van der Waals surface area (Å²) in [5, 5.41) is 6.09. The molecule has 3 saturated heterocycles. The van der Waals surface area contributed by atoms with Crippen LogP contribution in [-0.4, -0.2) is 53.5 Å². The first-order valence-corrected chi connectivity index (χ1v) is 10.9. The summed E-state index contributed by atoms with van der Waals surface area (Å²) < 4.78 is 3.13. The third-order valence-corrected chi connectivity index (χ3v) is 7.41. The van der Waals surface area contributed by atoms with Crippen molar-refractivity contribution < 1.29 is 9.59 Å². The highest BCUT2D eigenvalue weighted by Gasteiger charge is 2.37. The number of anilines is 1. The van der Waals surface area contributed by atoms with E-state index in [9.17, 15) is 14.4 Å². The molecule has 0 radical (unpaired) electrons. The van der Waals surface area contributed by atoms with Gasteiger partial charge in [-0.05, 0) is 56.3 Å². The number of imidazole rings is 1. The second-order valence-corrected chi connectivity index (χ2v) is 9.07. The highest BCUT2D eigenvalue weighted by atomic mass is 16.2. The number of rotatable bonds is 2. The summed E-state index contributed by atoms with van der Waals surface area (Å²) in [6, 6.07) is 5.12. The zero-order chi connectivity index (χ0) is 20.9. The Morgan fingerprint density at radius 3 is 2.50 bits per heavy atom. The van der Waals surface area contributed by atoms with Gasteiger partial charge in [-0.2, -0.15) is 0 Å². The van der Waals surface area contributed by atoms with Crippen LogP contribution in [0.15, 0.2) is 23.0 Å². The molecule has 2 N–H and O–H groups in total. The molecule has 3 fully saturated rings. The van der Waals surface area contributed by atoms with Crippen LogP contribution in [0.5, 0.6) is 0 Å². The summed E-state index contributed by atoms with van der Waals surface area (Å²) in [5.74, 6) is -0.316. The van der Waals surface area contributed by atoms with E-state index in [0.717, 1.165) is 42.9 Å². The maximum absolute atomic E-state index is 13.1. The zero-order valence-electron chi connectivity index (χ0n) is 17.4. The fourth-order valence-corrected chi connectivity index (χ4v) is 5.55. The predicted octanol–water partition coefficient (Wildman–Crippen LogP) is 0.940. The summed E-state index contributed by atoms with van der Waals surface area (Å²) in [5.41, 5.74) is 2.80. The lowest BCUT2D eigenvalue weighted by atomic mass is 9.71. The SMILES string of the molecule is Cn1c(=O)n(C2CC(=O)CNC2=O)c2cccc(N3CCC4(CCNCC4)CC3)c21. The van der Waals surface area contributed by atoms with E-state index in [1.165, 1.54) is 30.3 Å². The van der Waals surface area contributed by atoms with Gasteiger partial charge in [0.15, 0.2) is 5.78 Å². The number of ketones is 1. The van der Waals surface area contributed by atoms with Crippen LogP contribution < -0.4 is 21.2 Å². The van der Waals surface area contributed by atoms with Crippen LogP contribution >= 0.6 is 0 Å². The molecule has 0 aliphatic carbocycles. The lowest BCUT2D eigenvalue weighted by molar-refractivity contribution is -0.133. The van der Waals surface area contributed by atoms with Crippen molar-refractivity contribution in [2.45, 2.75) is 38.1 Å². The number of nitrogens with zero attached hydrogens (tertiary/aromatic N) is 3. The van der Waals surface area contributed by atoms with E-state index in [2.05, 4.69) is 21.6 Å². The number of benzene rings is 1. The van der Waals surface area contributed by atoms with Crippen LogP contribution in [-0.2, 0) is 16.6 Å². The minimum absolute atomic E-state index is 0.0468. The zero-order valence-corrected chi connectivity index (χ0v) is 17.4. The summed E-state index contributed by atoms with van der Waals surface area (Å²) in [6.45, 7) is 4.21. The molecule has 30 heavy (non-hydrogen) atoms. The number of hydrogen-bond acceptors (Lipinski definition) is 5. The van der Waals surface area contributed by atoms with Crippen LogP contribution in [0, 0.1) is 5.41 Å². The van der Waals surface area contributed by atoms with Crippen molar-refractivity contribution in [3.8, 4) is 0 Å². The first-order valence-electron chi connectivity index (χ1n) is 10.9. The second-order valence-electron chi connectivity index (χ2n) is 9.07.